The van der Waals surface area contributed by atoms with Crippen LogP contribution in [-0.2, 0) is 19.0 Å². The van der Waals surface area contributed by atoms with E-state index >= 15 is 0 Å². The summed E-state index contributed by atoms with van der Waals surface area (Å²) in [6.07, 6.45) is -0.945. The van der Waals surface area contributed by atoms with Gasteiger partial charge in [-0.1, -0.05) is 23.4 Å². The fourth-order valence-electron chi connectivity index (χ4n) is 2.34. The van der Waals surface area contributed by atoms with Crippen LogP contribution in [0.25, 0.3) is 0 Å². The summed E-state index contributed by atoms with van der Waals surface area (Å²) < 4.78 is 15.1. The molecular formula is C19H18ClN3O5S. The molecule has 0 atom stereocenters. The van der Waals surface area contributed by atoms with Gasteiger partial charge in [-0.05, 0) is 30.3 Å². The Morgan fingerprint density at radius 2 is 1.90 bits per heavy atom. The number of thioether (sulfide) groups is 1. The number of carbonyl (C=O) groups excluding carboxylic acids is 2. The van der Waals surface area contributed by atoms with Crippen molar-refractivity contribution in [2.24, 2.45) is 0 Å². The van der Waals surface area contributed by atoms with E-state index < -0.39 is 12.3 Å². The Kier molecular flexibility index (Phi) is 8.42. The van der Waals surface area contributed by atoms with Crippen LogP contribution < -0.4 is 5.32 Å². The number of hydrogen-bond acceptors (Lipinski definition) is 8. The van der Waals surface area contributed by atoms with Gasteiger partial charge in [0.05, 0.1) is 24.0 Å². The fourth-order valence-corrected chi connectivity index (χ4v) is 3.23. The SMILES string of the molecule is COC(=O)c1cc(C#N)c(SCC(=O)Nc2ccc(Cl)cc2)nc1C(OC)OC. The second-order valence-electron chi connectivity index (χ2n) is 5.52. The Morgan fingerprint density at radius 1 is 1.24 bits per heavy atom. The van der Waals surface area contributed by atoms with Crippen LogP contribution in [-0.4, -0.2) is 43.9 Å². The Hall–Kier alpha value is -2.64. The first-order valence-electron chi connectivity index (χ1n) is 8.20. The maximum absolute atomic E-state index is 12.2. The number of rotatable bonds is 8. The molecule has 1 aromatic heterocycles. The molecule has 0 saturated heterocycles. The summed E-state index contributed by atoms with van der Waals surface area (Å²) in [7, 11) is 4.00. The van der Waals surface area contributed by atoms with Crippen LogP contribution in [0.3, 0.4) is 0 Å². The number of benzene rings is 1. The minimum atomic E-state index is -0.945. The fraction of sp³-hybridized carbons (Fsp3) is 0.263. The van der Waals surface area contributed by atoms with Crippen molar-refractivity contribution in [3.63, 3.8) is 0 Å². The average molecular weight is 436 g/mol. The van der Waals surface area contributed by atoms with Gasteiger partial charge >= 0.3 is 5.97 Å². The molecule has 1 heterocycles. The molecule has 0 spiro atoms. The third-order valence-electron chi connectivity index (χ3n) is 3.66. The highest BCUT2D eigenvalue weighted by Crippen LogP contribution is 2.28. The van der Waals surface area contributed by atoms with E-state index in [4.69, 9.17) is 25.8 Å². The molecule has 0 fully saturated rings. The maximum Gasteiger partial charge on any atom is 0.339 e. The molecule has 1 amide bonds. The average Bonchev–Trinajstić information content (AvgIpc) is 2.74. The van der Waals surface area contributed by atoms with Crippen LogP contribution >= 0.6 is 23.4 Å². The molecular weight excluding hydrogens is 418 g/mol. The van der Waals surface area contributed by atoms with Crippen LogP contribution in [0, 0.1) is 11.3 Å². The van der Waals surface area contributed by atoms with Gasteiger partial charge in [-0.2, -0.15) is 5.26 Å². The van der Waals surface area contributed by atoms with Gasteiger partial charge in [0.15, 0.2) is 0 Å². The lowest BCUT2D eigenvalue weighted by Gasteiger charge is -2.17. The van der Waals surface area contributed by atoms with Gasteiger partial charge < -0.3 is 19.5 Å². The molecule has 0 bridgehead atoms. The Morgan fingerprint density at radius 3 is 2.45 bits per heavy atom. The molecule has 10 heteroatoms. The monoisotopic (exact) mass is 435 g/mol. The molecule has 29 heavy (non-hydrogen) atoms. The number of aromatic nitrogens is 1. The first-order chi connectivity index (χ1) is 13.9. The van der Waals surface area contributed by atoms with E-state index in [0.717, 1.165) is 11.8 Å². The van der Waals surface area contributed by atoms with Crippen LogP contribution in [0.1, 0.15) is 27.9 Å². The number of nitrogens with one attached hydrogen (secondary N) is 1. The molecule has 2 aromatic rings. The third kappa shape index (κ3) is 5.92. The van der Waals surface area contributed by atoms with Gasteiger partial charge in [-0.25, -0.2) is 9.78 Å². The highest BCUT2D eigenvalue weighted by molar-refractivity contribution is 8.00. The zero-order valence-corrected chi connectivity index (χ0v) is 17.5. The number of carbonyl (C=O) groups is 2. The highest BCUT2D eigenvalue weighted by atomic mass is 35.5. The Bertz CT molecular complexity index is 927. The van der Waals surface area contributed by atoms with Crippen LogP contribution in [0.4, 0.5) is 5.69 Å². The molecule has 0 aliphatic rings. The highest BCUT2D eigenvalue weighted by Gasteiger charge is 2.25. The molecule has 0 radical (unpaired) electrons. The lowest BCUT2D eigenvalue weighted by atomic mass is 10.1. The summed E-state index contributed by atoms with van der Waals surface area (Å²) in [5.74, 6) is -0.983. The number of anilines is 1. The molecule has 8 nitrogen and oxygen atoms in total. The standard InChI is InChI=1S/C19H18ClN3O5S/c1-26-18(25)14-8-11(9-21)17(23-16(14)19(27-2)28-3)29-10-15(24)22-13-6-4-12(20)5-7-13/h4-8,19H,10H2,1-3H3,(H,22,24). The zero-order valence-electron chi connectivity index (χ0n) is 15.9. The summed E-state index contributed by atoms with van der Waals surface area (Å²) in [6, 6.07) is 9.99. The van der Waals surface area contributed by atoms with Crippen molar-refractivity contribution < 1.29 is 23.8 Å². The van der Waals surface area contributed by atoms with Crippen molar-refractivity contribution >= 4 is 40.9 Å². The lowest BCUT2D eigenvalue weighted by molar-refractivity contribution is -0.113. The van der Waals surface area contributed by atoms with E-state index in [1.54, 1.807) is 24.3 Å². The summed E-state index contributed by atoms with van der Waals surface area (Å²) in [5.41, 5.74) is 0.924. The number of amides is 1. The summed E-state index contributed by atoms with van der Waals surface area (Å²) in [5, 5.41) is 13.0. The van der Waals surface area contributed by atoms with Crippen LogP contribution in [0.5, 0.6) is 0 Å². The Balaban J connectivity index is 2.25. The number of pyridine rings is 1. The lowest BCUT2D eigenvalue weighted by Crippen LogP contribution is -2.17. The minimum absolute atomic E-state index is 0.00799. The second kappa shape index (κ2) is 10.8. The molecule has 0 aliphatic carbocycles. The second-order valence-corrected chi connectivity index (χ2v) is 6.92. The van der Waals surface area contributed by atoms with Crippen LogP contribution in [0.2, 0.25) is 5.02 Å². The van der Waals surface area contributed by atoms with E-state index in [1.165, 1.54) is 27.4 Å². The van der Waals surface area contributed by atoms with E-state index in [-0.39, 0.29) is 33.5 Å². The van der Waals surface area contributed by atoms with E-state index in [0.29, 0.717) is 10.7 Å². The number of nitrogens with zero attached hydrogens (tertiary/aromatic N) is 2. The maximum atomic E-state index is 12.2. The van der Waals surface area contributed by atoms with Crippen molar-refractivity contribution in [2.45, 2.75) is 11.3 Å². The predicted octanol–water partition coefficient (Wildman–Crippen LogP) is 3.42. The summed E-state index contributed by atoms with van der Waals surface area (Å²) >= 11 is 6.87. The number of nitriles is 1. The van der Waals surface area contributed by atoms with Crippen LogP contribution in [0.15, 0.2) is 35.4 Å². The summed E-state index contributed by atoms with van der Waals surface area (Å²) in [6.45, 7) is 0. The molecule has 1 aromatic carbocycles. The van der Waals surface area contributed by atoms with E-state index in [2.05, 4.69) is 10.3 Å². The minimum Gasteiger partial charge on any atom is -0.465 e. The van der Waals surface area contributed by atoms with Crippen molar-refractivity contribution in [2.75, 3.05) is 32.4 Å². The van der Waals surface area contributed by atoms with Crippen molar-refractivity contribution in [3.05, 3.63) is 52.2 Å². The van der Waals surface area contributed by atoms with Gasteiger partial charge in [-0.3, -0.25) is 4.79 Å². The van der Waals surface area contributed by atoms with E-state index in [9.17, 15) is 14.9 Å². The van der Waals surface area contributed by atoms with Crippen molar-refractivity contribution in [1.82, 2.24) is 4.98 Å². The number of ether oxygens (including phenoxy) is 3. The van der Waals surface area contributed by atoms with Gasteiger partial charge in [0.2, 0.25) is 12.2 Å². The molecule has 0 saturated carbocycles. The first kappa shape index (κ1) is 22.6. The largest absolute Gasteiger partial charge is 0.465 e. The van der Waals surface area contributed by atoms with Gasteiger partial charge in [0.25, 0.3) is 0 Å². The topological polar surface area (TPSA) is 111 Å². The summed E-state index contributed by atoms with van der Waals surface area (Å²) in [4.78, 5) is 28.6. The Labute approximate surface area is 177 Å². The quantitative estimate of drug-likeness (QED) is 0.381. The van der Waals surface area contributed by atoms with Gasteiger partial charge in [0, 0.05) is 24.9 Å². The molecule has 152 valence electrons. The smallest absolute Gasteiger partial charge is 0.339 e. The van der Waals surface area contributed by atoms with Gasteiger partial charge in [0.1, 0.15) is 16.8 Å². The number of esters is 1. The zero-order chi connectivity index (χ0) is 21.4. The first-order valence-corrected chi connectivity index (χ1v) is 9.57. The van der Waals surface area contributed by atoms with E-state index in [1.807, 2.05) is 6.07 Å². The molecule has 0 unspecified atom stereocenters. The molecule has 2 rings (SSSR count). The number of hydrogen-bond donors (Lipinski definition) is 1. The van der Waals surface area contributed by atoms with Crippen molar-refractivity contribution in [3.8, 4) is 6.07 Å². The number of halogens is 1. The predicted molar refractivity (Wildman–Crippen MR) is 108 cm³/mol. The third-order valence-corrected chi connectivity index (χ3v) is 4.91. The van der Waals surface area contributed by atoms with Crippen molar-refractivity contribution in [1.29, 1.82) is 5.26 Å². The molecule has 1 N–H and O–H groups in total. The molecule has 0 aliphatic heterocycles. The normalized spacial score (nSPS) is 10.5. The number of methoxy groups -OCH3 is 3. The van der Waals surface area contributed by atoms with Gasteiger partial charge in [-0.15, -0.1) is 0 Å².